The molecule has 0 spiro atoms. The quantitative estimate of drug-likeness (QED) is 0.692. The van der Waals surface area contributed by atoms with E-state index in [1.165, 1.54) is 25.3 Å². The molecule has 0 N–H and O–H groups in total. The van der Waals surface area contributed by atoms with E-state index in [4.69, 9.17) is 0 Å². The standard InChI is InChI=1S/C16H22F3NS/c1-3-15(2)7-9-20(10-8-15)12-13-5-4-6-14(11-13)21-16(17,18)19/h4-6,11H,3,7-10,12H2,1-2H3. The molecule has 1 aromatic rings. The maximum Gasteiger partial charge on any atom is 0.446 e. The van der Waals surface area contributed by atoms with Gasteiger partial charge in [-0.25, -0.2) is 0 Å². The molecule has 0 radical (unpaired) electrons. The Kier molecular flexibility index (Phi) is 5.25. The second kappa shape index (κ2) is 6.61. The maximum atomic E-state index is 12.4. The number of halogens is 3. The Morgan fingerprint density at radius 2 is 1.90 bits per heavy atom. The highest BCUT2D eigenvalue weighted by Gasteiger charge is 2.30. The zero-order chi connectivity index (χ0) is 15.5. The zero-order valence-electron chi connectivity index (χ0n) is 12.5. The minimum Gasteiger partial charge on any atom is -0.299 e. The van der Waals surface area contributed by atoms with Crippen molar-refractivity contribution < 1.29 is 13.2 Å². The molecule has 0 bridgehead atoms. The first kappa shape index (κ1) is 16.7. The van der Waals surface area contributed by atoms with E-state index in [-0.39, 0.29) is 16.7 Å². The molecule has 1 fully saturated rings. The molecular formula is C16H22F3NS. The molecule has 1 aliphatic rings. The van der Waals surface area contributed by atoms with Crippen LogP contribution in [0.4, 0.5) is 13.2 Å². The highest BCUT2D eigenvalue weighted by molar-refractivity contribution is 8.00. The van der Waals surface area contributed by atoms with Gasteiger partial charge in [-0.1, -0.05) is 32.4 Å². The minimum atomic E-state index is -4.22. The van der Waals surface area contributed by atoms with Gasteiger partial charge in [0.05, 0.1) is 0 Å². The van der Waals surface area contributed by atoms with E-state index in [1.807, 2.05) is 6.07 Å². The molecular weight excluding hydrogens is 295 g/mol. The van der Waals surface area contributed by atoms with Gasteiger partial charge in [-0.3, -0.25) is 4.90 Å². The fourth-order valence-corrected chi connectivity index (χ4v) is 3.33. The Hall–Kier alpha value is -0.680. The Morgan fingerprint density at radius 3 is 2.48 bits per heavy atom. The third-order valence-electron chi connectivity index (χ3n) is 4.45. The Morgan fingerprint density at radius 1 is 1.24 bits per heavy atom. The van der Waals surface area contributed by atoms with Crippen molar-refractivity contribution in [3.05, 3.63) is 29.8 Å². The van der Waals surface area contributed by atoms with Crippen LogP contribution in [0.25, 0.3) is 0 Å². The highest BCUT2D eigenvalue weighted by atomic mass is 32.2. The minimum absolute atomic E-state index is 0.0382. The second-order valence-electron chi connectivity index (χ2n) is 6.14. The van der Waals surface area contributed by atoms with Crippen molar-refractivity contribution >= 4 is 11.8 Å². The van der Waals surface area contributed by atoms with E-state index < -0.39 is 5.51 Å². The number of piperidine rings is 1. The third-order valence-corrected chi connectivity index (χ3v) is 5.18. The molecule has 0 aliphatic carbocycles. The Bertz CT molecular complexity index is 465. The number of thioether (sulfide) groups is 1. The van der Waals surface area contributed by atoms with Crippen LogP contribution < -0.4 is 0 Å². The predicted octanol–water partition coefficient (Wildman–Crippen LogP) is 5.31. The molecule has 0 aromatic heterocycles. The van der Waals surface area contributed by atoms with Gasteiger partial charge in [0.2, 0.25) is 0 Å². The predicted molar refractivity (Wildman–Crippen MR) is 81.3 cm³/mol. The number of likely N-dealkylation sites (tertiary alicyclic amines) is 1. The van der Waals surface area contributed by atoms with Gasteiger partial charge in [0, 0.05) is 11.4 Å². The van der Waals surface area contributed by atoms with E-state index in [0.717, 1.165) is 25.2 Å². The molecule has 0 saturated carbocycles. The lowest BCUT2D eigenvalue weighted by Gasteiger charge is -2.39. The van der Waals surface area contributed by atoms with Gasteiger partial charge in [-0.2, -0.15) is 13.2 Å². The van der Waals surface area contributed by atoms with Gasteiger partial charge in [0.15, 0.2) is 0 Å². The monoisotopic (exact) mass is 317 g/mol. The van der Waals surface area contributed by atoms with E-state index in [2.05, 4.69) is 18.7 Å². The van der Waals surface area contributed by atoms with Gasteiger partial charge in [0.25, 0.3) is 0 Å². The van der Waals surface area contributed by atoms with Crippen molar-refractivity contribution in [1.82, 2.24) is 4.90 Å². The van der Waals surface area contributed by atoms with Gasteiger partial charge in [-0.15, -0.1) is 0 Å². The van der Waals surface area contributed by atoms with E-state index in [1.54, 1.807) is 12.1 Å². The average molecular weight is 317 g/mol. The first-order valence-electron chi connectivity index (χ1n) is 7.37. The van der Waals surface area contributed by atoms with Gasteiger partial charge in [-0.05, 0) is 60.8 Å². The van der Waals surface area contributed by atoms with Crippen molar-refractivity contribution in [3.63, 3.8) is 0 Å². The maximum absolute atomic E-state index is 12.4. The number of hydrogen-bond donors (Lipinski definition) is 0. The molecule has 0 unspecified atom stereocenters. The largest absolute Gasteiger partial charge is 0.446 e. The molecule has 21 heavy (non-hydrogen) atoms. The van der Waals surface area contributed by atoms with Crippen molar-refractivity contribution in [2.75, 3.05) is 13.1 Å². The number of hydrogen-bond acceptors (Lipinski definition) is 2. The van der Waals surface area contributed by atoms with Crippen LogP contribution in [0.2, 0.25) is 0 Å². The van der Waals surface area contributed by atoms with Crippen molar-refractivity contribution in [2.24, 2.45) is 5.41 Å². The smallest absolute Gasteiger partial charge is 0.299 e. The first-order chi connectivity index (χ1) is 9.80. The molecule has 1 nitrogen and oxygen atoms in total. The zero-order valence-corrected chi connectivity index (χ0v) is 13.4. The fourth-order valence-electron chi connectivity index (χ4n) is 2.70. The summed E-state index contributed by atoms with van der Waals surface area (Å²) in [4.78, 5) is 2.62. The fraction of sp³-hybridized carbons (Fsp3) is 0.625. The van der Waals surface area contributed by atoms with Gasteiger partial charge < -0.3 is 0 Å². The third kappa shape index (κ3) is 5.22. The lowest BCUT2D eigenvalue weighted by atomic mass is 9.78. The number of rotatable bonds is 4. The summed E-state index contributed by atoms with van der Waals surface area (Å²) in [6.45, 7) is 7.35. The lowest BCUT2D eigenvalue weighted by Crippen LogP contribution is -2.37. The molecule has 1 heterocycles. The van der Waals surface area contributed by atoms with Crippen LogP contribution in [0.5, 0.6) is 0 Å². The summed E-state index contributed by atoms with van der Waals surface area (Å²) in [6, 6.07) is 6.80. The van der Waals surface area contributed by atoms with Gasteiger partial charge >= 0.3 is 5.51 Å². The summed E-state index contributed by atoms with van der Waals surface area (Å²) in [5.41, 5.74) is -2.82. The summed E-state index contributed by atoms with van der Waals surface area (Å²) in [5.74, 6) is 0. The van der Waals surface area contributed by atoms with Crippen LogP contribution in [0.1, 0.15) is 38.7 Å². The van der Waals surface area contributed by atoms with Crippen molar-refractivity contribution in [1.29, 1.82) is 0 Å². The van der Waals surface area contributed by atoms with Crippen LogP contribution in [0.3, 0.4) is 0 Å². The number of alkyl halides is 3. The van der Waals surface area contributed by atoms with E-state index >= 15 is 0 Å². The highest BCUT2D eigenvalue weighted by Crippen LogP contribution is 2.37. The number of nitrogens with zero attached hydrogens (tertiary/aromatic N) is 1. The Labute approximate surface area is 128 Å². The van der Waals surface area contributed by atoms with Crippen molar-refractivity contribution in [3.8, 4) is 0 Å². The first-order valence-corrected chi connectivity index (χ1v) is 8.18. The van der Waals surface area contributed by atoms with Crippen molar-refractivity contribution in [2.45, 2.75) is 50.1 Å². The summed E-state index contributed by atoms with van der Waals surface area (Å²) in [7, 11) is 0. The molecule has 5 heteroatoms. The van der Waals surface area contributed by atoms with E-state index in [0.29, 0.717) is 5.41 Å². The SMILES string of the molecule is CCC1(C)CCN(Cc2cccc(SC(F)(F)F)c2)CC1. The molecule has 0 atom stereocenters. The van der Waals surface area contributed by atoms with Crippen LogP contribution in [0, 0.1) is 5.41 Å². The normalized spacial score (nSPS) is 19.7. The second-order valence-corrected chi connectivity index (χ2v) is 7.27. The molecule has 1 aliphatic heterocycles. The van der Waals surface area contributed by atoms with Crippen LogP contribution in [-0.4, -0.2) is 23.5 Å². The summed E-state index contributed by atoms with van der Waals surface area (Å²) in [6.07, 6.45) is 3.53. The molecule has 0 amide bonds. The summed E-state index contributed by atoms with van der Waals surface area (Å²) < 4.78 is 37.2. The lowest BCUT2D eigenvalue weighted by molar-refractivity contribution is -0.0328. The topological polar surface area (TPSA) is 3.24 Å². The van der Waals surface area contributed by atoms with E-state index in [9.17, 15) is 13.2 Å². The molecule has 1 saturated heterocycles. The summed E-state index contributed by atoms with van der Waals surface area (Å²) >= 11 is -0.0382. The van der Waals surface area contributed by atoms with Crippen LogP contribution in [-0.2, 0) is 6.54 Å². The summed E-state index contributed by atoms with van der Waals surface area (Å²) in [5, 5.41) is 0. The van der Waals surface area contributed by atoms with Crippen LogP contribution >= 0.6 is 11.8 Å². The Balaban J connectivity index is 1.93. The van der Waals surface area contributed by atoms with Crippen LogP contribution in [0.15, 0.2) is 29.2 Å². The van der Waals surface area contributed by atoms with Gasteiger partial charge in [0.1, 0.15) is 0 Å². The molecule has 2 rings (SSSR count). The average Bonchev–Trinajstić information content (AvgIpc) is 2.40. The molecule has 118 valence electrons. The molecule has 1 aromatic carbocycles. The number of benzene rings is 1.